The van der Waals surface area contributed by atoms with E-state index in [1.807, 2.05) is 19.1 Å². The molecule has 2 N–H and O–H groups in total. The molecular formula is C18H25FN4O. The van der Waals surface area contributed by atoms with Crippen LogP contribution in [0.5, 0.6) is 0 Å². The number of hydrogen-bond donors (Lipinski definition) is 2. The number of guanidine groups is 1. The van der Waals surface area contributed by atoms with Crippen molar-refractivity contribution in [2.75, 3.05) is 7.05 Å². The van der Waals surface area contributed by atoms with Crippen LogP contribution in [-0.2, 0) is 6.54 Å². The molecule has 0 spiro atoms. The van der Waals surface area contributed by atoms with Gasteiger partial charge in [0.2, 0.25) is 0 Å². The van der Waals surface area contributed by atoms with E-state index in [4.69, 9.17) is 4.52 Å². The van der Waals surface area contributed by atoms with E-state index in [1.54, 1.807) is 26.1 Å². The molecule has 0 aliphatic heterocycles. The monoisotopic (exact) mass is 332 g/mol. The highest BCUT2D eigenvalue weighted by molar-refractivity contribution is 5.80. The maximum absolute atomic E-state index is 13.7. The number of halogens is 1. The van der Waals surface area contributed by atoms with Crippen molar-refractivity contribution in [1.29, 1.82) is 0 Å². The van der Waals surface area contributed by atoms with Gasteiger partial charge in [-0.2, -0.15) is 0 Å². The van der Waals surface area contributed by atoms with Crippen LogP contribution in [0.2, 0.25) is 0 Å². The lowest BCUT2D eigenvalue weighted by Gasteiger charge is -2.18. The van der Waals surface area contributed by atoms with Crippen molar-refractivity contribution in [3.05, 3.63) is 52.7 Å². The Hall–Kier alpha value is -2.37. The molecular weight excluding hydrogens is 307 g/mol. The summed E-state index contributed by atoms with van der Waals surface area (Å²) >= 11 is 0. The van der Waals surface area contributed by atoms with E-state index < -0.39 is 0 Å². The molecule has 0 radical (unpaired) electrons. The zero-order chi connectivity index (χ0) is 17.7. The summed E-state index contributed by atoms with van der Waals surface area (Å²) < 4.78 is 19.0. The highest BCUT2D eigenvalue weighted by Crippen LogP contribution is 2.16. The third kappa shape index (κ3) is 4.57. The summed E-state index contributed by atoms with van der Waals surface area (Å²) in [6.07, 6.45) is 0. The number of aliphatic imine (C=N–C) groups is 1. The van der Waals surface area contributed by atoms with Gasteiger partial charge in [-0.15, -0.1) is 0 Å². The van der Waals surface area contributed by atoms with E-state index in [0.717, 1.165) is 17.0 Å². The molecule has 0 bridgehead atoms. The molecule has 130 valence electrons. The number of nitrogens with zero attached hydrogens (tertiary/aromatic N) is 2. The minimum atomic E-state index is -0.202. The average Bonchev–Trinajstić information content (AvgIpc) is 3.03. The van der Waals surface area contributed by atoms with Gasteiger partial charge in [-0.05, 0) is 37.0 Å². The number of hydrogen-bond acceptors (Lipinski definition) is 3. The SMILES string of the molecule is CN=C(NCc1cc(C(C)C)no1)NC(C)c1ccc(C)c(F)c1. The highest BCUT2D eigenvalue weighted by atomic mass is 19.1. The molecule has 1 aromatic heterocycles. The maximum Gasteiger partial charge on any atom is 0.191 e. The molecule has 24 heavy (non-hydrogen) atoms. The molecule has 2 rings (SSSR count). The summed E-state index contributed by atoms with van der Waals surface area (Å²) in [6, 6.07) is 7.10. The van der Waals surface area contributed by atoms with Gasteiger partial charge >= 0.3 is 0 Å². The van der Waals surface area contributed by atoms with Crippen LogP contribution in [0, 0.1) is 12.7 Å². The lowest BCUT2D eigenvalue weighted by atomic mass is 10.1. The fourth-order valence-corrected chi connectivity index (χ4v) is 2.22. The van der Waals surface area contributed by atoms with Crippen molar-refractivity contribution in [2.45, 2.75) is 46.2 Å². The van der Waals surface area contributed by atoms with Gasteiger partial charge in [0.25, 0.3) is 0 Å². The van der Waals surface area contributed by atoms with E-state index in [9.17, 15) is 4.39 Å². The summed E-state index contributed by atoms with van der Waals surface area (Å²) in [6.45, 7) is 8.33. The molecule has 1 atom stereocenters. The molecule has 2 aromatic rings. The van der Waals surface area contributed by atoms with Crippen molar-refractivity contribution < 1.29 is 8.91 Å². The number of rotatable bonds is 5. The molecule has 0 saturated heterocycles. The Balaban J connectivity index is 1.94. The maximum atomic E-state index is 13.7. The van der Waals surface area contributed by atoms with Crippen LogP contribution in [0.25, 0.3) is 0 Å². The number of aromatic nitrogens is 1. The zero-order valence-electron chi connectivity index (χ0n) is 14.9. The molecule has 0 amide bonds. The number of aryl methyl sites for hydroxylation is 1. The standard InChI is InChI=1S/C18H25FN4O/c1-11(2)17-9-15(24-23-17)10-21-18(20-5)22-13(4)14-7-6-12(3)16(19)8-14/h6-9,11,13H,10H2,1-5H3,(H2,20,21,22). The van der Waals surface area contributed by atoms with Crippen LogP contribution in [-0.4, -0.2) is 18.2 Å². The lowest BCUT2D eigenvalue weighted by Crippen LogP contribution is -2.38. The molecule has 6 heteroatoms. The Kier molecular flexibility index (Phi) is 5.95. The van der Waals surface area contributed by atoms with Gasteiger partial charge in [0, 0.05) is 13.1 Å². The van der Waals surface area contributed by atoms with E-state index in [1.165, 1.54) is 0 Å². The minimum absolute atomic E-state index is 0.0766. The zero-order valence-corrected chi connectivity index (χ0v) is 14.9. The van der Waals surface area contributed by atoms with E-state index in [0.29, 0.717) is 24.0 Å². The summed E-state index contributed by atoms with van der Waals surface area (Å²) in [5, 5.41) is 10.4. The van der Waals surface area contributed by atoms with Crippen LogP contribution in [0.1, 0.15) is 55.3 Å². The average molecular weight is 332 g/mol. The van der Waals surface area contributed by atoms with Gasteiger partial charge in [-0.3, -0.25) is 4.99 Å². The summed E-state index contributed by atoms with van der Waals surface area (Å²) in [7, 11) is 1.69. The quantitative estimate of drug-likeness (QED) is 0.648. The first kappa shape index (κ1) is 18.0. The molecule has 1 unspecified atom stereocenters. The molecule has 0 saturated carbocycles. The molecule has 0 aliphatic rings. The minimum Gasteiger partial charge on any atom is -0.359 e. The topological polar surface area (TPSA) is 62.5 Å². The molecule has 1 heterocycles. The van der Waals surface area contributed by atoms with Gasteiger partial charge in [0.15, 0.2) is 11.7 Å². The van der Waals surface area contributed by atoms with Crippen molar-refractivity contribution >= 4 is 5.96 Å². The third-order valence-electron chi connectivity index (χ3n) is 3.87. The Morgan fingerprint density at radius 2 is 2.04 bits per heavy atom. The Labute approximate surface area is 142 Å². The first-order valence-corrected chi connectivity index (χ1v) is 8.09. The van der Waals surface area contributed by atoms with Crippen LogP contribution in [0.15, 0.2) is 33.8 Å². The van der Waals surface area contributed by atoms with Crippen LogP contribution >= 0.6 is 0 Å². The Bertz CT molecular complexity index is 709. The predicted octanol–water partition coefficient (Wildman–Crippen LogP) is 3.67. The van der Waals surface area contributed by atoms with Crippen molar-refractivity contribution in [1.82, 2.24) is 15.8 Å². The highest BCUT2D eigenvalue weighted by Gasteiger charge is 2.11. The van der Waals surface area contributed by atoms with Crippen LogP contribution in [0.4, 0.5) is 4.39 Å². The third-order valence-corrected chi connectivity index (χ3v) is 3.87. The molecule has 5 nitrogen and oxygen atoms in total. The number of nitrogens with one attached hydrogen (secondary N) is 2. The Morgan fingerprint density at radius 3 is 2.62 bits per heavy atom. The normalized spacial score (nSPS) is 13.2. The molecule has 0 aliphatic carbocycles. The van der Waals surface area contributed by atoms with Crippen LogP contribution < -0.4 is 10.6 Å². The smallest absolute Gasteiger partial charge is 0.191 e. The molecule has 1 aromatic carbocycles. The van der Waals surface area contributed by atoms with Crippen LogP contribution in [0.3, 0.4) is 0 Å². The van der Waals surface area contributed by atoms with Gasteiger partial charge in [0.1, 0.15) is 5.82 Å². The largest absolute Gasteiger partial charge is 0.359 e. The van der Waals surface area contributed by atoms with Crippen molar-refractivity contribution in [3.8, 4) is 0 Å². The predicted molar refractivity (Wildman–Crippen MR) is 93.5 cm³/mol. The van der Waals surface area contributed by atoms with Gasteiger partial charge < -0.3 is 15.2 Å². The lowest BCUT2D eigenvalue weighted by molar-refractivity contribution is 0.371. The fourth-order valence-electron chi connectivity index (χ4n) is 2.22. The number of benzene rings is 1. The van der Waals surface area contributed by atoms with E-state index in [-0.39, 0.29) is 11.9 Å². The Morgan fingerprint density at radius 1 is 1.29 bits per heavy atom. The second-order valence-corrected chi connectivity index (χ2v) is 6.17. The summed E-state index contributed by atoms with van der Waals surface area (Å²) in [5.74, 6) is 1.49. The van der Waals surface area contributed by atoms with E-state index in [2.05, 4.69) is 34.6 Å². The van der Waals surface area contributed by atoms with Gasteiger partial charge in [-0.25, -0.2) is 4.39 Å². The first-order valence-electron chi connectivity index (χ1n) is 8.09. The van der Waals surface area contributed by atoms with Crippen molar-refractivity contribution in [2.24, 2.45) is 4.99 Å². The first-order chi connectivity index (χ1) is 11.4. The van der Waals surface area contributed by atoms with Gasteiger partial charge in [-0.1, -0.05) is 31.1 Å². The molecule has 0 fully saturated rings. The summed E-state index contributed by atoms with van der Waals surface area (Å²) in [4.78, 5) is 4.19. The second-order valence-electron chi connectivity index (χ2n) is 6.17. The second kappa shape index (κ2) is 7.95. The van der Waals surface area contributed by atoms with Crippen molar-refractivity contribution in [3.63, 3.8) is 0 Å². The van der Waals surface area contributed by atoms with E-state index >= 15 is 0 Å². The van der Waals surface area contributed by atoms with Gasteiger partial charge in [0.05, 0.1) is 18.3 Å². The fraction of sp³-hybridized carbons (Fsp3) is 0.444. The summed E-state index contributed by atoms with van der Waals surface area (Å²) in [5.41, 5.74) is 2.43.